The molecule has 2 aliphatic heterocycles. The fourth-order valence-electron chi connectivity index (χ4n) is 4.22. The second-order valence-electron chi connectivity index (χ2n) is 8.21. The van der Waals surface area contributed by atoms with Gasteiger partial charge in [0.25, 0.3) is 0 Å². The fourth-order valence-corrected chi connectivity index (χ4v) is 4.22. The number of rotatable bonds is 7. The van der Waals surface area contributed by atoms with Crippen LogP contribution in [0.1, 0.15) is 38.7 Å². The van der Waals surface area contributed by atoms with Gasteiger partial charge in [-0.25, -0.2) is 0 Å². The summed E-state index contributed by atoms with van der Waals surface area (Å²) >= 11 is 0. The molecule has 0 bridgehead atoms. The number of piperidine rings is 1. The maximum absolute atomic E-state index is 12.6. The van der Waals surface area contributed by atoms with Crippen LogP contribution in [0, 0.1) is 0 Å². The Kier molecular flexibility index (Phi) is 8.35. The Morgan fingerprint density at radius 1 is 1.10 bits per heavy atom. The third-order valence-corrected chi connectivity index (χ3v) is 6.07. The van der Waals surface area contributed by atoms with E-state index in [-0.39, 0.29) is 11.8 Å². The summed E-state index contributed by atoms with van der Waals surface area (Å²) in [5.41, 5.74) is 0.887. The number of benzene rings is 1. The molecule has 7 heteroatoms. The molecule has 0 spiro atoms. The monoisotopic (exact) mass is 429 g/mol. The molecule has 2 saturated heterocycles. The molecule has 0 radical (unpaired) electrons. The Labute approximate surface area is 185 Å². The number of carbonyl (C=O) groups excluding carboxylic acids is 2. The third-order valence-electron chi connectivity index (χ3n) is 6.07. The van der Waals surface area contributed by atoms with Gasteiger partial charge in [0, 0.05) is 44.8 Å². The number of nitrogens with zero attached hydrogens (tertiary/aromatic N) is 3. The molecule has 0 aromatic heterocycles. The van der Waals surface area contributed by atoms with E-state index in [2.05, 4.69) is 11.8 Å². The van der Waals surface area contributed by atoms with Crippen LogP contribution in [0.2, 0.25) is 0 Å². The van der Waals surface area contributed by atoms with Gasteiger partial charge in [-0.15, -0.1) is 0 Å². The average molecular weight is 430 g/mol. The quantitative estimate of drug-likeness (QED) is 0.624. The second-order valence-corrected chi connectivity index (χ2v) is 8.21. The van der Waals surface area contributed by atoms with Crippen LogP contribution in [0.4, 0.5) is 0 Å². The predicted octanol–water partition coefficient (Wildman–Crippen LogP) is 2.65. The summed E-state index contributed by atoms with van der Waals surface area (Å²) in [6.07, 6.45) is 6.82. The van der Waals surface area contributed by atoms with Crippen LogP contribution in [-0.2, 0) is 9.59 Å². The highest BCUT2D eigenvalue weighted by Gasteiger charge is 2.26. The number of hydrogen-bond donors (Lipinski definition) is 0. The number of methoxy groups -OCH3 is 1. The summed E-state index contributed by atoms with van der Waals surface area (Å²) in [4.78, 5) is 31.3. The Balaban J connectivity index is 1.49. The Morgan fingerprint density at radius 2 is 1.87 bits per heavy atom. The van der Waals surface area contributed by atoms with Crippen molar-refractivity contribution >= 4 is 17.9 Å². The molecule has 0 saturated carbocycles. The zero-order valence-corrected chi connectivity index (χ0v) is 19.0. The van der Waals surface area contributed by atoms with E-state index in [4.69, 9.17) is 9.47 Å². The van der Waals surface area contributed by atoms with Crippen LogP contribution in [-0.4, -0.2) is 85.5 Å². The van der Waals surface area contributed by atoms with E-state index < -0.39 is 0 Å². The highest BCUT2D eigenvalue weighted by Crippen LogP contribution is 2.28. The molecule has 0 aliphatic carbocycles. The lowest BCUT2D eigenvalue weighted by molar-refractivity contribution is -0.136. The molecule has 1 atom stereocenters. The fraction of sp³-hybridized carbons (Fsp3) is 0.583. The van der Waals surface area contributed by atoms with Crippen molar-refractivity contribution in [3.05, 3.63) is 29.8 Å². The van der Waals surface area contributed by atoms with E-state index in [0.29, 0.717) is 43.8 Å². The lowest BCUT2D eigenvalue weighted by atomic mass is 10.0. The van der Waals surface area contributed by atoms with Crippen molar-refractivity contribution in [2.24, 2.45) is 0 Å². The standard InChI is InChI=1S/C24H35N3O4/c1-4-31-22-17-20(8-10-21(22)30-3)9-11-23(28)26-15-13-25(14-16-26)18-24(29)27-12-6-5-7-19(27)2/h8-11,17,19H,4-7,12-16,18H2,1-3H3/b11-9+. The number of piperazine rings is 1. The molecule has 2 heterocycles. The maximum Gasteiger partial charge on any atom is 0.246 e. The van der Waals surface area contributed by atoms with Crippen molar-refractivity contribution in [2.45, 2.75) is 39.2 Å². The molecular formula is C24H35N3O4. The Hall–Kier alpha value is -2.54. The Bertz CT molecular complexity index is 787. The van der Waals surface area contributed by atoms with E-state index in [1.807, 2.05) is 34.9 Å². The molecule has 7 nitrogen and oxygen atoms in total. The highest BCUT2D eigenvalue weighted by atomic mass is 16.5. The van der Waals surface area contributed by atoms with Crippen molar-refractivity contribution in [1.82, 2.24) is 14.7 Å². The minimum absolute atomic E-state index is 0.00981. The van der Waals surface area contributed by atoms with Crippen LogP contribution in [0.25, 0.3) is 6.08 Å². The minimum Gasteiger partial charge on any atom is -0.493 e. The zero-order chi connectivity index (χ0) is 22.2. The number of likely N-dealkylation sites (tertiary alicyclic amines) is 1. The lowest BCUT2D eigenvalue weighted by Crippen LogP contribution is -2.52. The van der Waals surface area contributed by atoms with Gasteiger partial charge in [0.2, 0.25) is 11.8 Å². The topological polar surface area (TPSA) is 62.3 Å². The minimum atomic E-state index is -0.00981. The van der Waals surface area contributed by atoms with Crippen LogP contribution in [0.3, 0.4) is 0 Å². The van der Waals surface area contributed by atoms with Crippen LogP contribution in [0.15, 0.2) is 24.3 Å². The molecule has 1 aromatic carbocycles. The second kappa shape index (κ2) is 11.2. The van der Waals surface area contributed by atoms with Gasteiger partial charge < -0.3 is 19.3 Å². The highest BCUT2D eigenvalue weighted by molar-refractivity contribution is 5.92. The largest absolute Gasteiger partial charge is 0.493 e. The third kappa shape index (κ3) is 6.23. The first-order valence-electron chi connectivity index (χ1n) is 11.3. The van der Waals surface area contributed by atoms with Gasteiger partial charge in [0.1, 0.15) is 0 Å². The van der Waals surface area contributed by atoms with Gasteiger partial charge in [-0.3, -0.25) is 14.5 Å². The van der Waals surface area contributed by atoms with E-state index in [9.17, 15) is 9.59 Å². The molecule has 2 fully saturated rings. The van der Waals surface area contributed by atoms with Crippen LogP contribution in [0.5, 0.6) is 11.5 Å². The van der Waals surface area contributed by atoms with Gasteiger partial charge in [-0.05, 0) is 56.9 Å². The molecule has 31 heavy (non-hydrogen) atoms. The number of carbonyl (C=O) groups is 2. The first-order valence-corrected chi connectivity index (χ1v) is 11.3. The summed E-state index contributed by atoms with van der Waals surface area (Å²) in [6.45, 7) is 8.67. The first kappa shape index (κ1) is 23.1. The maximum atomic E-state index is 12.6. The van der Waals surface area contributed by atoms with Crippen molar-refractivity contribution in [3.63, 3.8) is 0 Å². The van der Waals surface area contributed by atoms with Crippen LogP contribution < -0.4 is 9.47 Å². The summed E-state index contributed by atoms with van der Waals surface area (Å²) in [7, 11) is 1.61. The molecule has 170 valence electrons. The molecule has 2 aliphatic rings. The van der Waals surface area contributed by atoms with E-state index in [1.165, 1.54) is 6.42 Å². The summed E-state index contributed by atoms with van der Waals surface area (Å²) in [5, 5.41) is 0. The van der Waals surface area contributed by atoms with E-state index in [1.54, 1.807) is 19.3 Å². The Morgan fingerprint density at radius 3 is 2.55 bits per heavy atom. The SMILES string of the molecule is CCOc1cc(/C=C/C(=O)N2CCN(CC(=O)N3CCCCC3C)CC2)ccc1OC. The normalized spacial score (nSPS) is 20.2. The lowest BCUT2D eigenvalue weighted by Gasteiger charge is -2.37. The zero-order valence-electron chi connectivity index (χ0n) is 19.0. The van der Waals surface area contributed by atoms with Crippen molar-refractivity contribution in [3.8, 4) is 11.5 Å². The molecule has 1 aromatic rings. The van der Waals surface area contributed by atoms with Crippen molar-refractivity contribution < 1.29 is 19.1 Å². The van der Waals surface area contributed by atoms with Gasteiger partial charge in [0.15, 0.2) is 11.5 Å². The molecule has 0 N–H and O–H groups in total. The number of amides is 2. The smallest absolute Gasteiger partial charge is 0.246 e. The molecule has 2 amide bonds. The van der Waals surface area contributed by atoms with Gasteiger partial charge in [-0.2, -0.15) is 0 Å². The van der Waals surface area contributed by atoms with Crippen LogP contribution >= 0.6 is 0 Å². The first-order chi connectivity index (χ1) is 15.0. The van der Waals surface area contributed by atoms with Gasteiger partial charge in [0.05, 0.1) is 20.3 Å². The summed E-state index contributed by atoms with van der Waals surface area (Å²) in [6, 6.07) is 5.96. The number of ether oxygens (including phenoxy) is 2. The van der Waals surface area contributed by atoms with Gasteiger partial charge in [-0.1, -0.05) is 6.07 Å². The number of hydrogen-bond acceptors (Lipinski definition) is 5. The molecule has 1 unspecified atom stereocenters. The summed E-state index contributed by atoms with van der Waals surface area (Å²) < 4.78 is 10.9. The predicted molar refractivity (Wildman–Crippen MR) is 121 cm³/mol. The van der Waals surface area contributed by atoms with Gasteiger partial charge >= 0.3 is 0 Å². The van der Waals surface area contributed by atoms with E-state index in [0.717, 1.165) is 38.0 Å². The summed E-state index contributed by atoms with van der Waals surface area (Å²) in [5.74, 6) is 1.55. The van der Waals surface area contributed by atoms with E-state index >= 15 is 0 Å². The molecule has 3 rings (SSSR count). The molecular weight excluding hydrogens is 394 g/mol. The van der Waals surface area contributed by atoms with Crippen molar-refractivity contribution in [1.29, 1.82) is 0 Å². The van der Waals surface area contributed by atoms with Crippen molar-refractivity contribution in [2.75, 3.05) is 53.0 Å². The average Bonchev–Trinajstić information content (AvgIpc) is 2.78.